The van der Waals surface area contributed by atoms with Crippen LogP contribution in [0.4, 0.5) is 0 Å². The first-order valence-electron chi connectivity index (χ1n) is 5.50. The van der Waals surface area contributed by atoms with Gasteiger partial charge in [0.1, 0.15) is 12.4 Å². The molecule has 0 aromatic carbocycles. The average Bonchev–Trinajstić information content (AvgIpc) is 2.54. The highest BCUT2D eigenvalue weighted by Crippen LogP contribution is 2.26. The molecular weight excluding hydrogens is 204 g/mol. The van der Waals surface area contributed by atoms with E-state index >= 15 is 0 Å². The van der Waals surface area contributed by atoms with Crippen molar-refractivity contribution in [2.75, 3.05) is 0 Å². The van der Waals surface area contributed by atoms with Crippen molar-refractivity contribution in [2.24, 2.45) is 0 Å². The Morgan fingerprint density at radius 2 is 2.12 bits per heavy atom. The van der Waals surface area contributed by atoms with Gasteiger partial charge in [0.15, 0.2) is 0 Å². The Balaban J connectivity index is 2.11. The van der Waals surface area contributed by atoms with E-state index in [0.29, 0.717) is 12.8 Å². The molecule has 2 rings (SSSR count). The van der Waals surface area contributed by atoms with E-state index in [1.807, 2.05) is 18.2 Å². The molecule has 1 atom stereocenters. The number of carbonyl (C=O) groups is 2. The summed E-state index contributed by atoms with van der Waals surface area (Å²) in [6.45, 7) is 0. The van der Waals surface area contributed by atoms with Crippen molar-refractivity contribution in [1.82, 2.24) is 0 Å². The summed E-state index contributed by atoms with van der Waals surface area (Å²) in [5.74, 6) is -0.137. The minimum absolute atomic E-state index is 0.137. The lowest BCUT2D eigenvalue weighted by Gasteiger charge is -2.24. The lowest BCUT2D eigenvalue weighted by atomic mass is 9.96. The third kappa shape index (κ3) is 2.48. The van der Waals surface area contributed by atoms with E-state index in [9.17, 15) is 9.59 Å². The van der Waals surface area contributed by atoms with Crippen molar-refractivity contribution >= 4 is 12.3 Å². The Labute approximate surface area is 94.5 Å². The van der Waals surface area contributed by atoms with Gasteiger partial charge >= 0.3 is 5.97 Å². The number of allylic oxidation sites excluding steroid dienone is 5. The zero-order chi connectivity index (χ0) is 11.4. The molecule has 1 saturated heterocycles. The Bertz CT molecular complexity index is 388. The summed E-state index contributed by atoms with van der Waals surface area (Å²) in [4.78, 5) is 22.0. The topological polar surface area (TPSA) is 43.4 Å². The predicted molar refractivity (Wildman–Crippen MR) is 59.7 cm³/mol. The molecule has 0 spiro atoms. The molecule has 1 aliphatic carbocycles. The molecular formula is C13H14O3. The molecule has 0 amide bonds. The lowest BCUT2D eigenvalue weighted by molar-refractivity contribution is -0.151. The van der Waals surface area contributed by atoms with Crippen LogP contribution in [0.1, 0.15) is 25.7 Å². The maximum atomic E-state index is 11.2. The summed E-state index contributed by atoms with van der Waals surface area (Å²) >= 11 is 0. The van der Waals surface area contributed by atoms with Gasteiger partial charge in [-0.2, -0.15) is 0 Å². The molecule has 1 aliphatic heterocycles. The summed E-state index contributed by atoms with van der Waals surface area (Å²) in [6.07, 6.45) is 11.0. The third-order valence-electron chi connectivity index (χ3n) is 2.83. The van der Waals surface area contributed by atoms with Crippen LogP contribution in [0.25, 0.3) is 0 Å². The maximum Gasteiger partial charge on any atom is 0.306 e. The molecule has 3 nitrogen and oxygen atoms in total. The smallest absolute Gasteiger partial charge is 0.306 e. The van der Waals surface area contributed by atoms with Crippen molar-refractivity contribution in [3.05, 3.63) is 35.5 Å². The van der Waals surface area contributed by atoms with Crippen molar-refractivity contribution in [2.45, 2.75) is 31.8 Å². The molecule has 0 radical (unpaired) electrons. The zero-order valence-electron chi connectivity index (χ0n) is 9.02. The number of aldehydes is 1. The summed E-state index contributed by atoms with van der Waals surface area (Å²) in [5, 5.41) is 0. The average molecular weight is 218 g/mol. The van der Waals surface area contributed by atoms with Gasteiger partial charge in [-0.15, -0.1) is 0 Å². The molecule has 0 bridgehead atoms. The molecule has 84 valence electrons. The van der Waals surface area contributed by atoms with Gasteiger partial charge in [-0.05, 0) is 24.0 Å². The Hall–Kier alpha value is -1.64. The number of carbonyl (C=O) groups excluding carboxylic acids is 2. The minimum atomic E-state index is -0.146. The second-order valence-corrected chi connectivity index (χ2v) is 4.03. The molecule has 0 aromatic rings. The molecule has 1 fully saturated rings. The second kappa shape index (κ2) is 4.92. The molecule has 16 heavy (non-hydrogen) atoms. The zero-order valence-corrected chi connectivity index (χ0v) is 9.02. The van der Waals surface area contributed by atoms with Gasteiger partial charge in [0.2, 0.25) is 0 Å². The van der Waals surface area contributed by atoms with E-state index in [4.69, 9.17) is 4.74 Å². The molecule has 3 heteroatoms. The van der Waals surface area contributed by atoms with Crippen molar-refractivity contribution in [3.63, 3.8) is 0 Å². The number of rotatable bonds is 2. The Morgan fingerprint density at radius 3 is 2.88 bits per heavy atom. The fraction of sp³-hybridized carbons (Fsp3) is 0.385. The fourth-order valence-corrected chi connectivity index (χ4v) is 1.98. The predicted octanol–water partition coefficient (Wildman–Crippen LogP) is 2.09. The summed E-state index contributed by atoms with van der Waals surface area (Å²) in [7, 11) is 0. The highest BCUT2D eigenvalue weighted by molar-refractivity contribution is 5.75. The van der Waals surface area contributed by atoms with Crippen LogP contribution in [0.5, 0.6) is 0 Å². The molecule has 1 heterocycles. The van der Waals surface area contributed by atoms with E-state index in [1.165, 1.54) is 0 Å². The van der Waals surface area contributed by atoms with Crippen LogP contribution >= 0.6 is 0 Å². The van der Waals surface area contributed by atoms with Crippen LogP contribution in [-0.2, 0) is 14.3 Å². The first kappa shape index (κ1) is 10.9. The molecule has 0 unspecified atom stereocenters. The summed E-state index contributed by atoms with van der Waals surface area (Å²) in [6, 6.07) is 0. The lowest BCUT2D eigenvalue weighted by Crippen LogP contribution is -2.25. The summed E-state index contributed by atoms with van der Waals surface area (Å²) < 4.78 is 5.29. The normalized spacial score (nSPS) is 25.2. The molecule has 0 saturated carbocycles. The second-order valence-electron chi connectivity index (χ2n) is 4.03. The SMILES string of the molecule is O=CC1=CC=CC=C([C@@H]2CCCC(=O)O2)C1. The molecule has 0 aromatic heterocycles. The molecule has 2 aliphatic rings. The maximum absolute atomic E-state index is 11.2. The minimum Gasteiger partial charge on any atom is -0.458 e. The van der Waals surface area contributed by atoms with Crippen molar-refractivity contribution in [3.8, 4) is 0 Å². The van der Waals surface area contributed by atoms with Gasteiger partial charge in [-0.1, -0.05) is 24.3 Å². The van der Waals surface area contributed by atoms with Crippen LogP contribution in [0.15, 0.2) is 35.5 Å². The number of ether oxygens (including phenoxy) is 1. The van der Waals surface area contributed by atoms with E-state index in [1.54, 1.807) is 6.08 Å². The van der Waals surface area contributed by atoms with Gasteiger partial charge in [0.05, 0.1) is 0 Å². The van der Waals surface area contributed by atoms with E-state index in [2.05, 4.69) is 0 Å². The summed E-state index contributed by atoms with van der Waals surface area (Å²) in [5.41, 5.74) is 1.74. The van der Waals surface area contributed by atoms with Gasteiger partial charge in [-0.25, -0.2) is 0 Å². The Kier molecular flexibility index (Phi) is 3.34. The van der Waals surface area contributed by atoms with Crippen LogP contribution in [0.2, 0.25) is 0 Å². The third-order valence-corrected chi connectivity index (χ3v) is 2.83. The first-order valence-corrected chi connectivity index (χ1v) is 5.50. The molecule has 0 N–H and O–H groups in total. The first-order chi connectivity index (χ1) is 7.79. The standard InChI is InChI=1S/C13H14O3/c14-9-10-4-1-2-5-11(8-10)12-6-3-7-13(15)16-12/h1-2,4-5,9,12H,3,6-8H2/t12-/m0/s1. The number of cyclic esters (lactones) is 1. The number of hydrogen-bond acceptors (Lipinski definition) is 3. The van der Waals surface area contributed by atoms with Gasteiger partial charge in [-0.3, -0.25) is 9.59 Å². The van der Waals surface area contributed by atoms with E-state index < -0.39 is 0 Å². The largest absolute Gasteiger partial charge is 0.458 e. The van der Waals surface area contributed by atoms with Crippen LogP contribution in [-0.4, -0.2) is 18.4 Å². The van der Waals surface area contributed by atoms with Gasteiger partial charge < -0.3 is 4.74 Å². The number of hydrogen-bond donors (Lipinski definition) is 0. The van der Waals surface area contributed by atoms with Crippen LogP contribution < -0.4 is 0 Å². The van der Waals surface area contributed by atoms with Gasteiger partial charge in [0.25, 0.3) is 0 Å². The van der Waals surface area contributed by atoms with Crippen LogP contribution in [0.3, 0.4) is 0 Å². The van der Waals surface area contributed by atoms with E-state index in [0.717, 1.165) is 30.3 Å². The fourth-order valence-electron chi connectivity index (χ4n) is 1.98. The highest BCUT2D eigenvalue weighted by Gasteiger charge is 2.24. The monoisotopic (exact) mass is 218 g/mol. The van der Waals surface area contributed by atoms with Crippen LogP contribution in [0, 0.1) is 0 Å². The van der Waals surface area contributed by atoms with Crippen molar-refractivity contribution < 1.29 is 14.3 Å². The van der Waals surface area contributed by atoms with Gasteiger partial charge in [0, 0.05) is 12.8 Å². The van der Waals surface area contributed by atoms with Crippen molar-refractivity contribution in [1.29, 1.82) is 0 Å². The quantitative estimate of drug-likeness (QED) is 0.526. The highest BCUT2D eigenvalue weighted by atomic mass is 16.5. The van der Waals surface area contributed by atoms with E-state index in [-0.39, 0.29) is 12.1 Å². The number of esters is 1. The Morgan fingerprint density at radius 1 is 1.31 bits per heavy atom.